The molecule has 11 N–H and O–H groups in total. The van der Waals surface area contributed by atoms with Crippen molar-refractivity contribution < 1.29 is 59.5 Å². The molecule has 0 saturated carbocycles. The molecule has 2 aromatic heterocycles. The molecular formula is C51H43N9O14. The number of nitrogens with zero attached hydrogens (tertiary/aromatic N) is 3. The molecule has 23 nitrogen and oxygen atoms in total. The number of carbonyl (C=O) groups is 7. The Labute approximate surface area is 417 Å². The van der Waals surface area contributed by atoms with Gasteiger partial charge in [-0.3, -0.25) is 53.6 Å². The van der Waals surface area contributed by atoms with E-state index in [4.69, 9.17) is 5.21 Å². The largest absolute Gasteiger partial charge is 0.425 e. The number of aromatic nitrogens is 2. The van der Waals surface area contributed by atoms with Crippen LogP contribution in [-0.4, -0.2) is 94.8 Å². The third-order valence-corrected chi connectivity index (χ3v) is 10.5. The molecule has 0 bridgehead atoms. The van der Waals surface area contributed by atoms with Crippen LogP contribution >= 0.6 is 0 Å². The van der Waals surface area contributed by atoms with Crippen molar-refractivity contribution >= 4 is 74.7 Å². The Balaban J connectivity index is 0.000000194. The molecule has 0 fully saturated rings. The molecule has 6 amide bonds. The molecule has 376 valence electrons. The fraction of sp³-hybridized carbons (Fsp3) is 0.0392. The van der Waals surface area contributed by atoms with Crippen molar-refractivity contribution in [2.24, 2.45) is 0 Å². The molecule has 23 heteroatoms. The molecule has 1 aliphatic carbocycles. The van der Waals surface area contributed by atoms with Gasteiger partial charge >= 0.3 is 0 Å². The van der Waals surface area contributed by atoms with Crippen molar-refractivity contribution in [2.75, 3.05) is 28.3 Å². The quantitative estimate of drug-likeness (QED) is 0.0526. The first-order valence-electron chi connectivity index (χ1n) is 21.6. The molecule has 1 unspecified atom stereocenters. The van der Waals surface area contributed by atoms with E-state index in [0.29, 0.717) is 32.8 Å². The number of hydroxylamine groups is 3. The van der Waals surface area contributed by atoms with Crippen LogP contribution in [0, 0.1) is 0 Å². The highest BCUT2D eigenvalue weighted by Crippen LogP contribution is 2.31. The maximum atomic E-state index is 12.7. The Kier molecular flexibility index (Phi) is 17.1. The van der Waals surface area contributed by atoms with Crippen LogP contribution in [0.2, 0.25) is 0 Å². The van der Waals surface area contributed by atoms with E-state index in [9.17, 15) is 63.9 Å². The number of carbonyl (C=O) groups excluding carboxylic acids is 7. The standard InChI is InChI=1S/C23H18N4O5.C19H15N3O6.C9H10N2O3/c1-14-6-2-11-19(26(14)31)22(29)24-17-9-3-8-16-15(17)7-4-10-18(16)25-23(30)20-12-5-13-21(28)27(20)32;23-15-9-3-5-11(17(15)25)18(26)20-12-6-1-2-7-13(12)21-19(27)14-8-4-10-16(24)22(14)28;1-10-8(12)6-3-2-4-7(5-6)9(13)11-14/h2-13,31-32H,1H2,(H,24,29)(H,25,30);1-10,17,25,28H,(H,20,26)(H,21,27);2-5,14H,1H3,(H,10,12)(H,11,13). The SMILES string of the molecule is C=C1C=CC=C(C(=O)Nc2cccc3c(NC(=O)c4cccc(=O)n4O)cccc23)N1O.CNC(=O)c1cccc(C(=O)NO)c1.O=C(Nc1ccccc1NC(=O)c1cccc(=O)n1O)C1=CC=CC(=O)C1O. The summed E-state index contributed by atoms with van der Waals surface area (Å²) in [7, 11) is 1.50. The smallest absolute Gasteiger partial charge is 0.283 e. The summed E-state index contributed by atoms with van der Waals surface area (Å²) >= 11 is 0. The number of hydrogen-bond donors (Lipinski definition) is 11. The molecule has 8 rings (SSSR count). The minimum Gasteiger partial charge on any atom is -0.425 e. The zero-order chi connectivity index (χ0) is 53.6. The Bertz CT molecular complexity index is 3470. The summed E-state index contributed by atoms with van der Waals surface area (Å²) in [6.07, 6.45) is 6.87. The molecule has 3 heterocycles. The fourth-order valence-electron chi connectivity index (χ4n) is 6.80. The van der Waals surface area contributed by atoms with Gasteiger partial charge in [0.05, 0.1) is 22.6 Å². The molecule has 0 saturated heterocycles. The number of aliphatic hydroxyl groups excluding tert-OH is 1. The van der Waals surface area contributed by atoms with Crippen LogP contribution in [0.25, 0.3) is 10.8 Å². The normalized spacial score (nSPS) is 13.4. The summed E-state index contributed by atoms with van der Waals surface area (Å²) in [5, 5.41) is 62.6. The number of amides is 6. The first-order chi connectivity index (χ1) is 35.4. The van der Waals surface area contributed by atoms with Gasteiger partial charge in [0.25, 0.3) is 46.6 Å². The minimum absolute atomic E-state index is 0.00366. The number of fused-ring (bicyclic) bond motifs is 1. The lowest BCUT2D eigenvalue weighted by atomic mass is 10.00. The lowest BCUT2D eigenvalue weighted by Crippen LogP contribution is -2.31. The first kappa shape index (κ1) is 52.9. The van der Waals surface area contributed by atoms with Crippen LogP contribution < -0.4 is 43.2 Å². The van der Waals surface area contributed by atoms with Gasteiger partial charge in [-0.1, -0.05) is 79.4 Å². The van der Waals surface area contributed by atoms with Crippen LogP contribution in [0.3, 0.4) is 0 Å². The van der Waals surface area contributed by atoms with E-state index >= 15 is 0 Å². The van der Waals surface area contributed by atoms with Crippen molar-refractivity contribution in [2.45, 2.75) is 6.10 Å². The minimum atomic E-state index is -1.57. The summed E-state index contributed by atoms with van der Waals surface area (Å²) in [5.41, 5.74) is 1.44. The molecule has 74 heavy (non-hydrogen) atoms. The summed E-state index contributed by atoms with van der Waals surface area (Å²) < 4.78 is 0.477. The van der Waals surface area contributed by atoms with E-state index in [-0.39, 0.29) is 60.7 Å². The lowest BCUT2D eigenvalue weighted by Gasteiger charge is -2.22. The van der Waals surface area contributed by atoms with Crippen LogP contribution in [0.1, 0.15) is 41.7 Å². The van der Waals surface area contributed by atoms with Gasteiger partial charge in [0.2, 0.25) is 0 Å². The van der Waals surface area contributed by atoms with Crippen molar-refractivity contribution in [3.05, 3.63) is 225 Å². The molecule has 6 aromatic rings. The van der Waals surface area contributed by atoms with Gasteiger partial charge in [0, 0.05) is 52.5 Å². The van der Waals surface area contributed by atoms with Crippen molar-refractivity contribution in [1.82, 2.24) is 25.3 Å². The molecule has 4 aromatic carbocycles. The maximum Gasteiger partial charge on any atom is 0.283 e. The second-order valence-electron chi connectivity index (χ2n) is 15.3. The van der Waals surface area contributed by atoms with Gasteiger partial charge in [-0.2, -0.15) is 0 Å². The van der Waals surface area contributed by atoms with E-state index in [2.05, 4.69) is 33.2 Å². The Hall–Kier alpha value is -10.5. The number of para-hydroxylation sites is 2. The van der Waals surface area contributed by atoms with Crippen LogP contribution in [-0.2, 0) is 14.4 Å². The zero-order valence-electron chi connectivity index (χ0n) is 38.5. The Morgan fingerprint density at radius 1 is 0.527 bits per heavy atom. The van der Waals surface area contributed by atoms with Crippen LogP contribution in [0.5, 0.6) is 0 Å². The number of allylic oxidation sites excluding steroid dienone is 5. The number of anilines is 4. The van der Waals surface area contributed by atoms with Gasteiger partial charge < -0.3 is 42.1 Å². The van der Waals surface area contributed by atoms with Crippen LogP contribution in [0.4, 0.5) is 22.7 Å². The van der Waals surface area contributed by atoms with Gasteiger partial charge in [-0.05, 0) is 72.8 Å². The van der Waals surface area contributed by atoms with E-state index in [1.807, 2.05) is 0 Å². The summed E-state index contributed by atoms with van der Waals surface area (Å²) in [6, 6.07) is 29.9. The highest BCUT2D eigenvalue weighted by Gasteiger charge is 2.27. The number of nitrogens with one attached hydrogen (secondary N) is 6. The summed E-state index contributed by atoms with van der Waals surface area (Å²) in [6.45, 7) is 3.65. The van der Waals surface area contributed by atoms with Gasteiger partial charge in [-0.15, -0.1) is 9.46 Å². The monoisotopic (exact) mass is 1010 g/mol. The predicted molar refractivity (Wildman–Crippen MR) is 267 cm³/mol. The average Bonchev–Trinajstić information content (AvgIpc) is 3.40. The fourth-order valence-corrected chi connectivity index (χ4v) is 6.80. The molecule has 0 spiro atoms. The molecule has 2 aliphatic rings. The number of ketones is 1. The third-order valence-electron chi connectivity index (χ3n) is 10.5. The van der Waals surface area contributed by atoms with E-state index in [1.165, 1.54) is 79.3 Å². The Morgan fingerprint density at radius 2 is 0.986 bits per heavy atom. The number of rotatable bonds is 10. The highest BCUT2D eigenvalue weighted by molar-refractivity contribution is 6.15. The van der Waals surface area contributed by atoms with E-state index < -0.39 is 52.5 Å². The van der Waals surface area contributed by atoms with Gasteiger partial charge in [-0.25, -0.2) is 10.5 Å². The second kappa shape index (κ2) is 23.9. The van der Waals surface area contributed by atoms with Crippen LogP contribution in [0.15, 0.2) is 191 Å². The zero-order valence-corrected chi connectivity index (χ0v) is 38.5. The average molecular weight is 1010 g/mol. The van der Waals surface area contributed by atoms with Crippen molar-refractivity contribution in [3.8, 4) is 0 Å². The maximum absolute atomic E-state index is 12.7. The molecule has 1 atom stereocenters. The predicted octanol–water partition coefficient (Wildman–Crippen LogP) is 3.96. The number of hydrogen-bond acceptors (Lipinski definition) is 15. The topological polar surface area (TPSA) is 340 Å². The summed E-state index contributed by atoms with van der Waals surface area (Å²) in [4.78, 5) is 107. The first-order valence-corrected chi connectivity index (χ1v) is 21.6. The Morgan fingerprint density at radius 3 is 1.53 bits per heavy atom. The molecular weight excluding hydrogens is 963 g/mol. The van der Waals surface area contributed by atoms with Gasteiger partial charge in [0.15, 0.2) is 5.78 Å². The molecule has 1 aliphatic heterocycles. The second-order valence-corrected chi connectivity index (χ2v) is 15.3. The van der Waals surface area contributed by atoms with E-state index in [0.717, 1.165) is 18.2 Å². The van der Waals surface area contributed by atoms with Gasteiger partial charge in [0.1, 0.15) is 23.2 Å². The number of aliphatic hydroxyl groups is 1. The third kappa shape index (κ3) is 12.4. The number of pyridine rings is 2. The summed E-state index contributed by atoms with van der Waals surface area (Å²) in [5.74, 6) is -4.26. The van der Waals surface area contributed by atoms with Crippen molar-refractivity contribution in [3.63, 3.8) is 0 Å². The van der Waals surface area contributed by atoms with Crippen molar-refractivity contribution in [1.29, 1.82) is 0 Å². The molecule has 0 radical (unpaired) electrons. The number of benzene rings is 4. The lowest BCUT2D eigenvalue weighted by molar-refractivity contribution is -0.123. The van der Waals surface area contributed by atoms with E-state index in [1.54, 1.807) is 72.8 Å². The highest BCUT2D eigenvalue weighted by atomic mass is 16.5.